The van der Waals surface area contributed by atoms with E-state index < -0.39 is 12.1 Å². The average Bonchev–Trinajstić information content (AvgIpc) is 3.43. The SMILES string of the molecule is CCCCCCCCCCCCCCCCCC(O)C(CO)NC(=O)CCCCCCCCCCCCCCCCCCCCCCCCCCCCCCCCCCOC(=O)CCCCCCCCCCCCCCC. The Hall–Kier alpha value is -1.14. The van der Waals surface area contributed by atoms with Crippen LogP contribution in [0.5, 0.6) is 0 Å². The summed E-state index contributed by atoms with van der Waals surface area (Å²) < 4.78 is 5.49. The van der Waals surface area contributed by atoms with Crippen molar-refractivity contribution in [3.8, 4) is 0 Å². The van der Waals surface area contributed by atoms with E-state index in [0.29, 0.717) is 25.9 Å². The molecule has 2 unspecified atom stereocenters. The van der Waals surface area contributed by atoms with Crippen molar-refractivity contribution in [2.45, 2.75) is 431 Å². The van der Waals surface area contributed by atoms with Crippen LogP contribution in [0, 0.1) is 0 Å². The maximum Gasteiger partial charge on any atom is 0.305 e. The van der Waals surface area contributed by atoms with E-state index in [9.17, 15) is 19.8 Å². The zero-order chi connectivity index (χ0) is 55.7. The molecule has 1 amide bonds. The van der Waals surface area contributed by atoms with Crippen molar-refractivity contribution in [1.82, 2.24) is 5.32 Å². The van der Waals surface area contributed by atoms with Gasteiger partial charge in [0.25, 0.3) is 0 Å². The van der Waals surface area contributed by atoms with E-state index in [2.05, 4.69) is 19.2 Å². The van der Waals surface area contributed by atoms with E-state index >= 15 is 0 Å². The van der Waals surface area contributed by atoms with Gasteiger partial charge in [0.1, 0.15) is 0 Å². The Labute approximate surface area is 483 Å². The molecule has 0 spiro atoms. The Kier molecular flexibility index (Phi) is 66.4. The van der Waals surface area contributed by atoms with Crippen molar-refractivity contribution in [2.75, 3.05) is 13.2 Å². The second kappa shape index (κ2) is 67.4. The molecule has 0 aromatic carbocycles. The molecule has 0 saturated heterocycles. The number of hydrogen-bond donors (Lipinski definition) is 3. The van der Waals surface area contributed by atoms with E-state index in [0.717, 1.165) is 38.5 Å². The van der Waals surface area contributed by atoms with E-state index in [-0.39, 0.29) is 18.5 Å². The van der Waals surface area contributed by atoms with Crippen LogP contribution in [-0.4, -0.2) is 47.4 Å². The van der Waals surface area contributed by atoms with Crippen LogP contribution < -0.4 is 5.32 Å². The quantitative estimate of drug-likeness (QED) is 0.0417. The highest BCUT2D eigenvalue weighted by Crippen LogP contribution is 2.20. The van der Waals surface area contributed by atoms with E-state index in [1.807, 2.05) is 0 Å². The van der Waals surface area contributed by atoms with Crippen molar-refractivity contribution in [2.24, 2.45) is 0 Å². The number of aliphatic hydroxyl groups is 2. The van der Waals surface area contributed by atoms with Gasteiger partial charge in [0, 0.05) is 12.8 Å². The molecule has 6 nitrogen and oxygen atoms in total. The highest BCUT2D eigenvalue weighted by atomic mass is 16.5. The van der Waals surface area contributed by atoms with Gasteiger partial charge in [-0.25, -0.2) is 0 Å². The molecular formula is C71H141NO5. The monoisotopic (exact) mass is 1090 g/mol. The fraction of sp³-hybridized carbons (Fsp3) is 0.972. The largest absolute Gasteiger partial charge is 0.466 e. The van der Waals surface area contributed by atoms with Crippen molar-refractivity contribution >= 4 is 11.9 Å². The van der Waals surface area contributed by atoms with Crippen LogP contribution in [-0.2, 0) is 14.3 Å². The topological polar surface area (TPSA) is 95.9 Å². The third kappa shape index (κ3) is 63.9. The summed E-state index contributed by atoms with van der Waals surface area (Å²) in [7, 11) is 0. The average molecular weight is 1090 g/mol. The molecule has 0 saturated carbocycles. The molecule has 0 heterocycles. The van der Waals surface area contributed by atoms with Crippen LogP contribution >= 0.6 is 0 Å². The molecule has 0 fully saturated rings. The van der Waals surface area contributed by atoms with Crippen molar-refractivity contribution < 1.29 is 24.5 Å². The number of aliphatic hydroxyl groups excluding tert-OH is 2. The number of carbonyl (C=O) groups is 2. The molecule has 77 heavy (non-hydrogen) atoms. The van der Waals surface area contributed by atoms with Crippen LogP contribution in [0.2, 0.25) is 0 Å². The molecule has 3 N–H and O–H groups in total. The predicted octanol–water partition coefficient (Wildman–Crippen LogP) is 23.0. The minimum Gasteiger partial charge on any atom is -0.466 e. The lowest BCUT2D eigenvalue weighted by molar-refractivity contribution is -0.143. The lowest BCUT2D eigenvalue weighted by atomic mass is 10.0. The number of unbranched alkanes of at least 4 members (excludes halogenated alkanes) is 57. The van der Waals surface area contributed by atoms with Gasteiger partial charge in [-0.1, -0.05) is 380 Å². The second-order valence-electron chi connectivity index (χ2n) is 24.9. The summed E-state index contributed by atoms with van der Waals surface area (Å²) >= 11 is 0. The number of hydrogen-bond acceptors (Lipinski definition) is 5. The van der Waals surface area contributed by atoms with Gasteiger partial charge in [0.2, 0.25) is 5.91 Å². The van der Waals surface area contributed by atoms with Crippen LogP contribution in [0.4, 0.5) is 0 Å². The number of nitrogens with one attached hydrogen (secondary N) is 1. The standard InChI is InChI=1S/C71H141NO5/c1-3-5-7-9-11-13-15-17-36-40-43-47-51-55-59-63-69(74)68(67-73)72-70(75)64-60-56-52-48-44-41-37-34-32-30-28-26-24-22-20-18-19-21-23-25-27-29-31-33-35-38-42-46-50-54-58-62-66-77-71(76)65-61-57-53-49-45-39-16-14-12-10-8-6-4-2/h68-69,73-74H,3-67H2,1-2H3,(H,72,75). The van der Waals surface area contributed by atoms with Gasteiger partial charge in [0.05, 0.1) is 25.4 Å². The van der Waals surface area contributed by atoms with Crippen molar-refractivity contribution in [3.05, 3.63) is 0 Å². The van der Waals surface area contributed by atoms with Gasteiger partial charge < -0.3 is 20.3 Å². The smallest absolute Gasteiger partial charge is 0.305 e. The fourth-order valence-electron chi connectivity index (χ4n) is 11.7. The number of carbonyl (C=O) groups excluding carboxylic acids is 2. The Bertz CT molecular complexity index is 1120. The van der Waals surface area contributed by atoms with Crippen molar-refractivity contribution in [3.63, 3.8) is 0 Å². The van der Waals surface area contributed by atoms with Gasteiger partial charge >= 0.3 is 5.97 Å². The van der Waals surface area contributed by atoms with Gasteiger partial charge in [-0.3, -0.25) is 9.59 Å². The van der Waals surface area contributed by atoms with Crippen LogP contribution in [0.15, 0.2) is 0 Å². The third-order valence-corrected chi connectivity index (χ3v) is 17.2. The normalized spacial score (nSPS) is 12.4. The highest BCUT2D eigenvalue weighted by Gasteiger charge is 2.20. The molecule has 2 atom stereocenters. The first kappa shape index (κ1) is 75.9. The Morgan fingerprint density at radius 2 is 0.532 bits per heavy atom. The first-order valence-electron chi connectivity index (χ1n) is 35.8. The lowest BCUT2D eigenvalue weighted by Crippen LogP contribution is -2.45. The summed E-state index contributed by atoms with van der Waals surface area (Å²) in [5.41, 5.74) is 0. The summed E-state index contributed by atoms with van der Waals surface area (Å²) in [5.74, 6) is -0.00274. The van der Waals surface area contributed by atoms with Gasteiger partial charge in [-0.05, 0) is 25.7 Å². The summed E-state index contributed by atoms with van der Waals surface area (Å²) in [6.07, 6.45) is 81.7. The summed E-state index contributed by atoms with van der Waals surface area (Å²) in [5, 5.41) is 23.3. The van der Waals surface area contributed by atoms with Crippen molar-refractivity contribution in [1.29, 1.82) is 0 Å². The molecule has 0 aliphatic rings. The molecular weight excluding hydrogens is 947 g/mol. The number of rotatable bonds is 68. The maximum atomic E-state index is 12.5. The molecule has 460 valence electrons. The molecule has 0 aromatic heterocycles. The summed E-state index contributed by atoms with van der Waals surface area (Å²) in [4.78, 5) is 24.6. The van der Waals surface area contributed by atoms with Gasteiger partial charge in [-0.2, -0.15) is 0 Å². The van der Waals surface area contributed by atoms with E-state index in [4.69, 9.17) is 4.74 Å². The van der Waals surface area contributed by atoms with Gasteiger partial charge in [0.15, 0.2) is 0 Å². The number of amides is 1. The molecule has 0 rings (SSSR count). The zero-order valence-electron chi connectivity index (χ0n) is 52.7. The fourth-order valence-corrected chi connectivity index (χ4v) is 11.7. The summed E-state index contributed by atoms with van der Waals surface area (Å²) in [6.45, 7) is 5.00. The Balaban J connectivity index is 3.30. The minimum absolute atomic E-state index is 0.0239. The Morgan fingerprint density at radius 1 is 0.312 bits per heavy atom. The third-order valence-electron chi connectivity index (χ3n) is 17.2. The molecule has 6 heteroatoms. The second-order valence-corrected chi connectivity index (χ2v) is 24.9. The van der Waals surface area contributed by atoms with E-state index in [1.165, 1.54) is 347 Å². The van der Waals surface area contributed by atoms with Crippen LogP contribution in [0.3, 0.4) is 0 Å². The minimum atomic E-state index is -0.660. The van der Waals surface area contributed by atoms with E-state index in [1.54, 1.807) is 0 Å². The molecule has 0 aliphatic heterocycles. The molecule has 0 aromatic rings. The summed E-state index contributed by atoms with van der Waals surface area (Å²) in [6, 6.07) is -0.536. The first-order chi connectivity index (χ1) is 38.0. The number of esters is 1. The van der Waals surface area contributed by atoms with Crippen LogP contribution in [0.1, 0.15) is 418 Å². The van der Waals surface area contributed by atoms with Crippen LogP contribution in [0.25, 0.3) is 0 Å². The molecule has 0 radical (unpaired) electrons. The molecule has 0 aliphatic carbocycles. The lowest BCUT2D eigenvalue weighted by Gasteiger charge is -2.22. The maximum absolute atomic E-state index is 12.5. The Morgan fingerprint density at radius 3 is 0.792 bits per heavy atom. The molecule has 0 bridgehead atoms. The first-order valence-corrected chi connectivity index (χ1v) is 35.8. The predicted molar refractivity (Wildman–Crippen MR) is 338 cm³/mol. The zero-order valence-corrected chi connectivity index (χ0v) is 52.7. The number of ether oxygens (including phenoxy) is 1. The highest BCUT2D eigenvalue weighted by molar-refractivity contribution is 5.76. The van der Waals surface area contributed by atoms with Gasteiger partial charge in [-0.15, -0.1) is 0 Å².